The van der Waals surface area contributed by atoms with Crippen molar-refractivity contribution in [2.45, 2.75) is 77.0 Å². The van der Waals surface area contributed by atoms with Crippen LogP contribution in [-0.2, 0) is 0 Å². The summed E-state index contributed by atoms with van der Waals surface area (Å²) in [5.41, 5.74) is 0. The van der Waals surface area contributed by atoms with Crippen LogP contribution in [0.3, 0.4) is 0 Å². The van der Waals surface area contributed by atoms with E-state index in [1.165, 1.54) is 41.4 Å². The molecule has 0 aromatic heterocycles. The number of hydrogen-bond acceptors (Lipinski definition) is 0. The molecule has 20 heavy (non-hydrogen) atoms. The second-order valence-corrected chi connectivity index (χ2v) is 9.12. The predicted octanol–water partition coefficient (Wildman–Crippen LogP) is 5.67. The van der Waals surface area contributed by atoms with Gasteiger partial charge in [-0.25, -0.2) is 0 Å². The molecule has 0 bridgehead atoms. The van der Waals surface area contributed by atoms with Crippen molar-refractivity contribution in [3.8, 4) is 0 Å². The van der Waals surface area contributed by atoms with E-state index in [2.05, 4.69) is 0 Å². The summed E-state index contributed by atoms with van der Waals surface area (Å²) in [4.78, 5) is 0. The maximum atomic E-state index is 1.67. The van der Waals surface area contributed by atoms with Crippen LogP contribution in [0, 0.1) is 47.3 Å². The average molecular weight is 272 g/mol. The van der Waals surface area contributed by atoms with Crippen LogP contribution in [-0.4, -0.2) is 0 Å². The number of fused-ring (bicyclic) bond motifs is 4. The third-order valence-electron chi connectivity index (χ3n) is 8.67. The van der Waals surface area contributed by atoms with Crippen molar-refractivity contribution in [2.75, 3.05) is 0 Å². The molecular formula is C20H32. The maximum Gasteiger partial charge on any atom is -0.0326 e. The predicted molar refractivity (Wildman–Crippen MR) is 83.3 cm³/mol. The third-order valence-corrected chi connectivity index (χ3v) is 8.67. The Kier molecular flexibility index (Phi) is 2.98. The summed E-state index contributed by atoms with van der Waals surface area (Å²) in [6, 6.07) is 0. The Morgan fingerprint density at radius 1 is 0.400 bits per heavy atom. The molecule has 5 aliphatic rings. The molecule has 0 nitrogen and oxygen atoms in total. The smallest absolute Gasteiger partial charge is 0.0326 e. The summed E-state index contributed by atoms with van der Waals surface area (Å²) >= 11 is 0. The largest absolute Gasteiger partial charge is 0.0530 e. The van der Waals surface area contributed by atoms with Gasteiger partial charge in [0.2, 0.25) is 0 Å². The molecule has 0 aromatic carbocycles. The van der Waals surface area contributed by atoms with Crippen LogP contribution < -0.4 is 0 Å². The first-order valence-electron chi connectivity index (χ1n) is 9.92. The summed E-state index contributed by atoms with van der Waals surface area (Å²) < 4.78 is 0. The van der Waals surface area contributed by atoms with Crippen molar-refractivity contribution in [1.29, 1.82) is 0 Å². The summed E-state index contributed by atoms with van der Waals surface area (Å²) in [6.07, 6.45) is 19.3. The molecule has 0 aliphatic heterocycles. The SMILES string of the molecule is C1CCC2C(C1)CCC1C2CC2CCCC3CCC1C32. The molecule has 5 aliphatic carbocycles. The van der Waals surface area contributed by atoms with E-state index in [-0.39, 0.29) is 0 Å². The Morgan fingerprint density at radius 3 is 2.15 bits per heavy atom. The van der Waals surface area contributed by atoms with E-state index in [4.69, 9.17) is 0 Å². The molecule has 8 atom stereocenters. The van der Waals surface area contributed by atoms with E-state index in [1.54, 1.807) is 77.0 Å². The van der Waals surface area contributed by atoms with E-state index >= 15 is 0 Å². The Balaban J connectivity index is 1.45. The molecule has 0 heteroatoms. The first-order valence-corrected chi connectivity index (χ1v) is 9.92. The third kappa shape index (κ3) is 1.72. The second-order valence-electron chi connectivity index (χ2n) is 9.12. The van der Waals surface area contributed by atoms with E-state index in [0.717, 1.165) is 5.92 Å². The van der Waals surface area contributed by atoms with E-state index in [9.17, 15) is 0 Å². The maximum absolute atomic E-state index is 1.67. The van der Waals surface area contributed by atoms with Gasteiger partial charge in [-0.1, -0.05) is 38.5 Å². The zero-order valence-corrected chi connectivity index (χ0v) is 13.1. The highest BCUT2D eigenvalue weighted by Gasteiger charge is 2.54. The molecular weight excluding hydrogens is 240 g/mol. The molecule has 112 valence electrons. The van der Waals surface area contributed by atoms with Gasteiger partial charge in [-0.3, -0.25) is 0 Å². The molecule has 0 heterocycles. The second kappa shape index (κ2) is 4.75. The summed E-state index contributed by atoms with van der Waals surface area (Å²) in [5.74, 6) is 9.41. The van der Waals surface area contributed by atoms with E-state index < -0.39 is 0 Å². The van der Waals surface area contributed by atoms with Crippen molar-refractivity contribution in [1.82, 2.24) is 0 Å². The van der Waals surface area contributed by atoms with Gasteiger partial charge in [-0.2, -0.15) is 0 Å². The summed E-state index contributed by atoms with van der Waals surface area (Å²) in [5, 5.41) is 0. The van der Waals surface area contributed by atoms with Crippen LogP contribution in [0.4, 0.5) is 0 Å². The first kappa shape index (κ1) is 12.5. The lowest BCUT2D eigenvalue weighted by molar-refractivity contribution is -0.0632. The molecule has 0 amide bonds. The zero-order chi connectivity index (χ0) is 13.1. The van der Waals surface area contributed by atoms with Crippen LogP contribution in [0.5, 0.6) is 0 Å². The molecule has 5 rings (SSSR count). The Bertz CT molecular complexity index is 372. The van der Waals surface area contributed by atoms with Gasteiger partial charge in [0, 0.05) is 0 Å². The Morgan fingerprint density at radius 2 is 1.15 bits per heavy atom. The van der Waals surface area contributed by atoms with Crippen molar-refractivity contribution in [2.24, 2.45) is 47.3 Å². The lowest BCUT2D eigenvalue weighted by Crippen LogP contribution is -2.48. The fourth-order valence-electron chi connectivity index (χ4n) is 8.15. The minimum Gasteiger partial charge on any atom is -0.0530 e. The van der Waals surface area contributed by atoms with Gasteiger partial charge in [-0.15, -0.1) is 0 Å². The monoisotopic (exact) mass is 272 g/mol. The lowest BCUT2D eigenvalue weighted by atomic mass is 9.50. The normalized spacial score (nSPS) is 57.6. The quantitative estimate of drug-likeness (QED) is 0.533. The number of rotatable bonds is 0. The van der Waals surface area contributed by atoms with Gasteiger partial charge >= 0.3 is 0 Å². The highest BCUT2D eigenvalue weighted by atomic mass is 14.6. The van der Waals surface area contributed by atoms with Gasteiger partial charge in [0.25, 0.3) is 0 Å². The van der Waals surface area contributed by atoms with Crippen molar-refractivity contribution in [3.05, 3.63) is 0 Å². The first-order chi connectivity index (χ1) is 9.92. The lowest BCUT2D eigenvalue weighted by Gasteiger charge is -2.55. The molecule has 0 radical (unpaired) electrons. The van der Waals surface area contributed by atoms with E-state index in [0.29, 0.717) is 0 Å². The standard InChI is InChI=1S/C20H32/c1-2-7-16-13(4-1)8-10-17-18-11-9-14-5-3-6-15(20(14)18)12-19(16)17/h13-20H,1-12H2. The minimum atomic E-state index is 1.15. The van der Waals surface area contributed by atoms with Crippen LogP contribution >= 0.6 is 0 Å². The van der Waals surface area contributed by atoms with Crippen LogP contribution in [0.15, 0.2) is 0 Å². The van der Waals surface area contributed by atoms with Gasteiger partial charge in [-0.05, 0) is 85.9 Å². The number of hydrogen-bond donors (Lipinski definition) is 0. The molecule has 5 saturated carbocycles. The van der Waals surface area contributed by atoms with Crippen LogP contribution in [0.25, 0.3) is 0 Å². The minimum absolute atomic E-state index is 1.15. The highest BCUT2D eigenvalue weighted by Crippen LogP contribution is 2.63. The van der Waals surface area contributed by atoms with Crippen molar-refractivity contribution in [3.63, 3.8) is 0 Å². The van der Waals surface area contributed by atoms with Crippen LogP contribution in [0.1, 0.15) is 77.0 Å². The summed E-state index contributed by atoms with van der Waals surface area (Å²) in [7, 11) is 0. The molecule has 5 fully saturated rings. The molecule has 0 aromatic rings. The Hall–Kier alpha value is 0. The summed E-state index contributed by atoms with van der Waals surface area (Å²) in [6.45, 7) is 0. The molecule has 0 spiro atoms. The van der Waals surface area contributed by atoms with E-state index in [1.807, 2.05) is 0 Å². The van der Waals surface area contributed by atoms with Gasteiger partial charge < -0.3 is 0 Å². The topological polar surface area (TPSA) is 0 Å². The molecule has 0 saturated heterocycles. The fraction of sp³-hybridized carbons (Fsp3) is 1.00. The van der Waals surface area contributed by atoms with Gasteiger partial charge in [0.15, 0.2) is 0 Å². The zero-order valence-electron chi connectivity index (χ0n) is 13.1. The van der Waals surface area contributed by atoms with Crippen molar-refractivity contribution >= 4 is 0 Å². The highest BCUT2D eigenvalue weighted by molar-refractivity contribution is 5.04. The van der Waals surface area contributed by atoms with Crippen molar-refractivity contribution < 1.29 is 0 Å². The fourth-order valence-corrected chi connectivity index (χ4v) is 8.15. The molecule has 0 N–H and O–H groups in total. The van der Waals surface area contributed by atoms with Crippen LogP contribution in [0.2, 0.25) is 0 Å². The average Bonchev–Trinajstić information content (AvgIpc) is 2.93. The van der Waals surface area contributed by atoms with Gasteiger partial charge in [0.1, 0.15) is 0 Å². The van der Waals surface area contributed by atoms with Gasteiger partial charge in [0.05, 0.1) is 0 Å². The molecule has 8 unspecified atom stereocenters. The Labute approximate surface area is 125 Å².